The van der Waals surface area contributed by atoms with E-state index in [2.05, 4.69) is 69.1 Å². The SMILES string of the molecule is CCCCCCCCCCCCCCCC(C)(C)Sc1cc(-c2ccc(N)cc2CCCCCCCC)cs1. The van der Waals surface area contributed by atoms with Crippen molar-refractivity contribution in [2.45, 2.75) is 171 Å². The van der Waals surface area contributed by atoms with E-state index < -0.39 is 0 Å². The first kappa shape index (κ1) is 34.3. The van der Waals surface area contributed by atoms with E-state index in [9.17, 15) is 0 Å². The van der Waals surface area contributed by atoms with Crippen LogP contribution in [0.2, 0.25) is 0 Å². The minimum Gasteiger partial charge on any atom is -0.399 e. The lowest BCUT2D eigenvalue weighted by molar-refractivity contribution is 0.520. The highest BCUT2D eigenvalue weighted by atomic mass is 32.2. The number of nitrogen functional groups attached to an aromatic ring is 1. The van der Waals surface area contributed by atoms with Crippen LogP contribution >= 0.6 is 23.1 Å². The van der Waals surface area contributed by atoms with Gasteiger partial charge in [0.15, 0.2) is 0 Å². The third-order valence-corrected chi connectivity index (χ3v) is 10.4. The van der Waals surface area contributed by atoms with Gasteiger partial charge in [0.2, 0.25) is 0 Å². The number of anilines is 1. The van der Waals surface area contributed by atoms with Crippen LogP contribution < -0.4 is 5.73 Å². The Hall–Kier alpha value is -0.930. The van der Waals surface area contributed by atoms with Crippen LogP contribution in [-0.4, -0.2) is 4.75 Å². The molecular formula is C36H61NS2. The fourth-order valence-corrected chi connectivity index (χ4v) is 8.22. The van der Waals surface area contributed by atoms with Gasteiger partial charge in [-0.05, 0) is 59.5 Å². The van der Waals surface area contributed by atoms with Gasteiger partial charge in [0, 0.05) is 10.4 Å². The summed E-state index contributed by atoms with van der Waals surface area (Å²) < 4.78 is 1.74. The molecule has 0 aliphatic heterocycles. The summed E-state index contributed by atoms with van der Waals surface area (Å²) >= 11 is 3.99. The molecular weight excluding hydrogens is 511 g/mol. The molecule has 2 rings (SSSR count). The van der Waals surface area contributed by atoms with Gasteiger partial charge < -0.3 is 5.73 Å². The van der Waals surface area contributed by atoms with E-state index in [1.807, 2.05) is 11.3 Å². The van der Waals surface area contributed by atoms with E-state index in [1.165, 1.54) is 149 Å². The maximum atomic E-state index is 6.19. The van der Waals surface area contributed by atoms with Crippen LogP contribution in [0.1, 0.15) is 162 Å². The second-order valence-corrected chi connectivity index (χ2v) is 15.4. The molecule has 0 radical (unpaired) electrons. The number of hydrogen-bond donors (Lipinski definition) is 1. The van der Waals surface area contributed by atoms with E-state index in [-0.39, 0.29) is 0 Å². The van der Waals surface area contributed by atoms with Crippen molar-refractivity contribution >= 4 is 28.8 Å². The molecule has 2 aromatic rings. The normalized spacial score (nSPS) is 11.9. The molecule has 2 N–H and O–H groups in total. The van der Waals surface area contributed by atoms with Crippen molar-refractivity contribution in [3.05, 3.63) is 35.2 Å². The van der Waals surface area contributed by atoms with Crippen molar-refractivity contribution in [3.63, 3.8) is 0 Å². The Morgan fingerprint density at radius 1 is 0.667 bits per heavy atom. The highest BCUT2D eigenvalue weighted by molar-refractivity contribution is 8.02. The molecule has 1 aromatic heterocycles. The van der Waals surface area contributed by atoms with Gasteiger partial charge in [0.05, 0.1) is 4.21 Å². The number of hydrogen-bond acceptors (Lipinski definition) is 3. The minimum atomic E-state index is 0.294. The van der Waals surface area contributed by atoms with Crippen LogP contribution in [0.15, 0.2) is 33.9 Å². The summed E-state index contributed by atoms with van der Waals surface area (Å²) in [6.45, 7) is 9.46. The van der Waals surface area contributed by atoms with Gasteiger partial charge in [0.25, 0.3) is 0 Å². The van der Waals surface area contributed by atoms with Gasteiger partial charge in [-0.1, -0.05) is 149 Å². The molecule has 0 aliphatic rings. The smallest absolute Gasteiger partial charge is 0.0610 e. The molecule has 0 amide bonds. The number of rotatable bonds is 24. The molecule has 0 unspecified atom stereocenters. The Kier molecular flexibility index (Phi) is 18.3. The molecule has 222 valence electrons. The summed E-state index contributed by atoms with van der Waals surface area (Å²) in [5.41, 5.74) is 11.3. The zero-order chi connectivity index (χ0) is 28.2. The van der Waals surface area contributed by atoms with Gasteiger partial charge in [-0.15, -0.1) is 23.1 Å². The molecule has 0 fully saturated rings. The third kappa shape index (κ3) is 15.6. The summed E-state index contributed by atoms with van der Waals surface area (Å²) in [5.74, 6) is 0. The maximum Gasteiger partial charge on any atom is 0.0610 e. The van der Waals surface area contributed by atoms with Gasteiger partial charge in [-0.2, -0.15) is 0 Å². The van der Waals surface area contributed by atoms with E-state index in [1.54, 1.807) is 0 Å². The monoisotopic (exact) mass is 571 g/mol. The zero-order valence-corrected chi connectivity index (χ0v) is 27.8. The fraction of sp³-hybridized carbons (Fsp3) is 0.722. The molecule has 0 saturated carbocycles. The summed E-state index contributed by atoms with van der Waals surface area (Å²) in [5, 5.41) is 2.36. The first-order valence-corrected chi connectivity index (χ1v) is 18.3. The molecule has 1 heterocycles. The Morgan fingerprint density at radius 2 is 1.18 bits per heavy atom. The first-order valence-electron chi connectivity index (χ1n) is 16.6. The minimum absolute atomic E-state index is 0.294. The average molecular weight is 572 g/mol. The van der Waals surface area contributed by atoms with E-state index in [0.717, 1.165) is 12.1 Å². The molecule has 0 bridgehead atoms. The van der Waals surface area contributed by atoms with Crippen molar-refractivity contribution < 1.29 is 0 Å². The standard InChI is InChI=1S/C36H61NS2/c1-5-7-9-11-13-14-15-16-17-18-19-21-23-27-36(3,4)39-35-29-32(30-38-35)34-26-25-33(37)28-31(34)24-22-20-12-10-8-6-2/h25-26,28-30H,5-24,27,37H2,1-4H3. The lowest BCUT2D eigenvalue weighted by Gasteiger charge is -2.23. The van der Waals surface area contributed by atoms with E-state index in [4.69, 9.17) is 5.73 Å². The predicted molar refractivity (Wildman–Crippen MR) is 181 cm³/mol. The molecule has 1 aromatic carbocycles. The second kappa shape index (κ2) is 20.9. The summed E-state index contributed by atoms with van der Waals surface area (Å²) in [4.78, 5) is 0. The van der Waals surface area contributed by atoms with Gasteiger partial charge in [-0.25, -0.2) is 0 Å². The van der Waals surface area contributed by atoms with E-state index >= 15 is 0 Å². The van der Waals surface area contributed by atoms with Gasteiger partial charge >= 0.3 is 0 Å². The summed E-state index contributed by atoms with van der Waals surface area (Å²) in [7, 11) is 0. The first-order chi connectivity index (χ1) is 18.9. The number of aryl methyl sites for hydroxylation is 1. The molecule has 1 nitrogen and oxygen atoms in total. The van der Waals surface area contributed by atoms with Crippen molar-refractivity contribution in [3.8, 4) is 11.1 Å². The van der Waals surface area contributed by atoms with Crippen LogP contribution in [0.4, 0.5) is 5.69 Å². The van der Waals surface area contributed by atoms with Crippen LogP contribution in [0.5, 0.6) is 0 Å². The van der Waals surface area contributed by atoms with Crippen LogP contribution in [0.25, 0.3) is 11.1 Å². The van der Waals surface area contributed by atoms with Gasteiger partial charge in [0.1, 0.15) is 0 Å². The molecule has 39 heavy (non-hydrogen) atoms. The second-order valence-electron chi connectivity index (χ2n) is 12.4. The van der Waals surface area contributed by atoms with Crippen molar-refractivity contribution in [1.29, 1.82) is 0 Å². The lowest BCUT2D eigenvalue weighted by Crippen LogP contribution is -2.13. The van der Waals surface area contributed by atoms with Crippen LogP contribution in [-0.2, 0) is 6.42 Å². The Balaban J connectivity index is 1.68. The van der Waals surface area contributed by atoms with Crippen LogP contribution in [0.3, 0.4) is 0 Å². The maximum absolute atomic E-state index is 6.19. The average Bonchev–Trinajstić information content (AvgIpc) is 3.36. The zero-order valence-electron chi connectivity index (χ0n) is 26.1. The predicted octanol–water partition coefficient (Wildman–Crippen LogP) is 13.3. The van der Waals surface area contributed by atoms with E-state index in [0.29, 0.717) is 4.75 Å². The largest absolute Gasteiger partial charge is 0.399 e. The molecule has 0 aliphatic carbocycles. The Morgan fingerprint density at radius 3 is 1.74 bits per heavy atom. The van der Waals surface area contributed by atoms with Crippen molar-refractivity contribution in [2.75, 3.05) is 5.73 Å². The lowest BCUT2D eigenvalue weighted by atomic mass is 9.96. The third-order valence-electron chi connectivity index (χ3n) is 8.07. The Labute approximate surface area is 251 Å². The van der Waals surface area contributed by atoms with Crippen molar-refractivity contribution in [2.24, 2.45) is 0 Å². The number of thioether (sulfide) groups is 1. The molecule has 0 atom stereocenters. The van der Waals surface area contributed by atoms with Gasteiger partial charge in [-0.3, -0.25) is 0 Å². The molecule has 0 saturated heterocycles. The van der Waals surface area contributed by atoms with Crippen molar-refractivity contribution in [1.82, 2.24) is 0 Å². The topological polar surface area (TPSA) is 26.0 Å². The summed E-state index contributed by atoms with van der Waals surface area (Å²) in [6.07, 6.45) is 29.0. The molecule has 0 spiro atoms. The quantitative estimate of drug-likeness (QED) is 0.0770. The number of nitrogens with two attached hydrogens (primary N) is 1. The number of benzene rings is 1. The highest BCUT2D eigenvalue weighted by Crippen LogP contribution is 2.42. The highest BCUT2D eigenvalue weighted by Gasteiger charge is 2.20. The molecule has 3 heteroatoms. The number of thiophene rings is 1. The fourth-order valence-electron chi connectivity index (χ4n) is 5.60. The number of unbranched alkanes of at least 4 members (excludes halogenated alkanes) is 17. The summed E-state index contributed by atoms with van der Waals surface area (Å²) in [6, 6.07) is 8.96. The Bertz CT molecular complexity index is 869. The van der Waals surface area contributed by atoms with Crippen LogP contribution in [0, 0.1) is 0 Å².